The molecule has 32 heavy (non-hydrogen) atoms. The van der Waals surface area contributed by atoms with Gasteiger partial charge in [0.25, 0.3) is 0 Å². The highest BCUT2D eigenvalue weighted by Crippen LogP contribution is 2.33. The minimum atomic E-state index is -3.54. The van der Waals surface area contributed by atoms with Crippen molar-refractivity contribution in [3.63, 3.8) is 0 Å². The predicted molar refractivity (Wildman–Crippen MR) is 124 cm³/mol. The van der Waals surface area contributed by atoms with Crippen LogP contribution in [0, 0.1) is 0 Å². The van der Waals surface area contributed by atoms with E-state index in [9.17, 15) is 18.0 Å². The number of likely N-dealkylation sites (tertiary alicyclic amines) is 1. The van der Waals surface area contributed by atoms with E-state index in [0.29, 0.717) is 24.4 Å². The minimum Gasteiger partial charge on any atom is -0.343 e. The van der Waals surface area contributed by atoms with Gasteiger partial charge in [-0.05, 0) is 68.7 Å². The summed E-state index contributed by atoms with van der Waals surface area (Å²) in [5.41, 5.74) is 1.68. The number of sulfonamides is 1. The number of piperidine rings is 2. The summed E-state index contributed by atoms with van der Waals surface area (Å²) in [6, 6.07) is 5.22. The standard InChI is InChI=1S/C24H35N3O4S/c1-2-20-8-4-7-16-27(20)32(30,31)21-9-10-22-19(18-21)13-17-26(22)24(29)12-11-23(28)25-14-5-3-6-15-25/h9-10,18,20H,2-8,11-17H2,1H3. The van der Waals surface area contributed by atoms with Crippen LogP contribution in [0.5, 0.6) is 0 Å². The molecule has 0 radical (unpaired) electrons. The molecular formula is C24H35N3O4S. The van der Waals surface area contributed by atoms with Crippen molar-refractivity contribution >= 4 is 27.5 Å². The normalized spacial score (nSPS) is 22.1. The molecule has 0 saturated carbocycles. The molecule has 8 heteroatoms. The maximum absolute atomic E-state index is 13.3. The molecule has 0 aromatic heterocycles. The lowest BCUT2D eigenvalue weighted by molar-refractivity contribution is -0.133. The van der Waals surface area contributed by atoms with E-state index in [1.807, 2.05) is 11.8 Å². The van der Waals surface area contributed by atoms with E-state index in [1.54, 1.807) is 27.4 Å². The van der Waals surface area contributed by atoms with Gasteiger partial charge in [-0.25, -0.2) is 8.42 Å². The first-order valence-electron chi connectivity index (χ1n) is 12.1. The number of amides is 2. The minimum absolute atomic E-state index is 0.0610. The second-order valence-corrected chi connectivity index (χ2v) is 11.1. The molecule has 1 aromatic rings. The van der Waals surface area contributed by atoms with Gasteiger partial charge in [0.15, 0.2) is 0 Å². The van der Waals surface area contributed by atoms with E-state index in [0.717, 1.165) is 62.9 Å². The first-order valence-corrected chi connectivity index (χ1v) is 13.6. The van der Waals surface area contributed by atoms with Gasteiger partial charge >= 0.3 is 0 Å². The highest BCUT2D eigenvalue weighted by Gasteiger charge is 2.34. The van der Waals surface area contributed by atoms with Gasteiger partial charge in [-0.15, -0.1) is 0 Å². The van der Waals surface area contributed by atoms with Gasteiger partial charge in [-0.1, -0.05) is 13.3 Å². The molecule has 176 valence electrons. The fourth-order valence-electron chi connectivity index (χ4n) is 5.28. The maximum atomic E-state index is 13.3. The molecule has 1 atom stereocenters. The van der Waals surface area contributed by atoms with Crippen molar-refractivity contribution in [3.8, 4) is 0 Å². The van der Waals surface area contributed by atoms with Crippen LogP contribution in [0.1, 0.15) is 70.3 Å². The number of carbonyl (C=O) groups excluding carboxylic acids is 2. The molecule has 3 heterocycles. The van der Waals surface area contributed by atoms with Crippen molar-refractivity contribution in [2.24, 2.45) is 0 Å². The Morgan fingerprint density at radius 1 is 0.938 bits per heavy atom. The average Bonchev–Trinajstić information content (AvgIpc) is 3.26. The largest absolute Gasteiger partial charge is 0.343 e. The summed E-state index contributed by atoms with van der Waals surface area (Å²) in [6.07, 6.45) is 8.05. The number of fused-ring (bicyclic) bond motifs is 1. The Balaban J connectivity index is 1.43. The van der Waals surface area contributed by atoms with Crippen molar-refractivity contribution in [1.82, 2.24) is 9.21 Å². The molecule has 1 aromatic carbocycles. The van der Waals surface area contributed by atoms with Crippen molar-refractivity contribution in [2.45, 2.75) is 82.1 Å². The van der Waals surface area contributed by atoms with Crippen LogP contribution >= 0.6 is 0 Å². The lowest BCUT2D eigenvalue weighted by Gasteiger charge is -2.34. The Bertz CT molecular complexity index is 956. The average molecular weight is 462 g/mol. The van der Waals surface area contributed by atoms with Gasteiger partial charge in [-0.2, -0.15) is 4.31 Å². The van der Waals surface area contributed by atoms with Crippen LogP contribution in [-0.4, -0.2) is 61.7 Å². The van der Waals surface area contributed by atoms with E-state index < -0.39 is 10.0 Å². The summed E-state index contributed by atoms with van der Waals surface area (Å²) in [7, 11) is -3.54. The van der Waals surface area contributed by atoms with Crippen LogP contribution in [0.15, 0.2) is 23.1 Å². The molecule has 7 nitrogen and oxygen atoms in total. The molecule has 0 aliphatic carbocycles. The molecule has 2 saturated heterocycles. The summed E-state index contributed by atoms with van der Waals surface area (Å²) in [5.74, 6) is -0.00212. The lowest BCUT2D eigenvalue weighted by Crippen LogP contribution is -2.43. The Kier molecular flexibility index (Phi) is 7.20. The molecule has 2 amide bonds. The monoisotopic (exact) mass is 461 g/mol. The summed E-state index contributed by atoms with van der Waals surface area (Å²) in [6.45, 7) is 4.75. The fourth-order valence-corrected chi connectivity index (χ4v) is 7.10. The third-order valence-electron chi connectivity index (χ3n) is 7.16. The molecule has 4 rings (SSSR count). The number of rotatable bonds is 6. The Hall–Kier alpha value is -1.93. The number of benzene rings is 1. The van der Waals surface area contributed by atoms with Crippen LogP contribution in [0.25, 0.3) is 0 Å². The first kappa shape index (κ1) is 23.2. The van der Waals surface area contributed by atoms with Gasteiger partial charge in [-0.3, -0.25) is 9.59 Å². The van der Waals surface area contributed by atoms with Gasteiger partial charge < -0.3 is 9.80 Å². The second-order valence-electron chi connectivity index (χ2n) is 9.20. The highest BCUT2D eigenvalue weighted by atomic mass is 32.2. The zero-order valence-electron chi connectivity index (χ0n) is 19.1. The molecule has 1 unspecified atom stereocenters. The summed E-state index contributed by atoms with van der Waals surface area (Å²) < 4.78 is 28.3. The van der Waals surface area contributed by atoms with Gasteiger partial charge in [0.1, 0.15) is 0 Å². The molecular weight excluding hydrogens is 426 g/mol. The zero-order valence-corrected chi connectivity index (χ0v) is 19.9. The Morgan fingerprint density at radius 3 is 2.41 bits per heavy atom. The lowest BCUT2D eigenvalue weighted by atomic mass is 10.0. The van der Waals surface area contributed by atoms with Crippen LogP contribution in [0.3, 0.4) is 0 Å². The third kappa shape index (κ3) is 4.71. The van der Waals surface area contributed by atoms with E-state index in [1.165, 1.54) is 6.42 Å². The summed E-state index contributed by atoms with van der Waals surface area (Å²) in [5, 5.41) is 0. The summed E-state index contributed by atoms with van der Waals surface area (Å²) >= 11 is 0. The van der Waals surface area contributed by atoms with Gasteiger partial charge in [0.2, 0.25) is 21.8 Å². The van der Waals surface area contributed by atoms with E-state index in [2.05, 4.69) is 0 Å². The molecule has 0 spiro atoms. The van der Waals surface area contributed by atoms with Crippen molar-refractivity contribution in [3.05, 3.63) is 23.8 Å². The molecule has 0 bridgehead atoms. The number of hydrogen-bond donors (Lipinski definition) is 0. The Morgan fingerprint density at radius 2 is 1.66 bits per heavy atom. The van der Waals surface area contributed by atoms with Gasteiger partial charge in [0.05, 0.1) is 4.90 Å². The third-order valence-corrected chi connectivity index (χ3v) is 9.11. The number of carbonyl (C=O) groups is 2. The molecule has 2 fully saturated rings. The summed E-state index contributed by atoms with van der Waals surface area (Å²) in [4.78, 5) is 29.1. The topological polar surface area (TPSA) is 78.0 Å². The van der Waals surface area contributed by atoms with Crippen LogP contribution < -0.4 is 4.90 Å². The van der Waals surface area contributed by atoms with Crippen molar-refractivity contribution < 1.29 is 18.0 Å². The van der Waals surface area contributed by atoms with Crippen LogP contribution in [0.2, 0.25) is 0 Å². The van der Waals surface area contributed by atoms with E-state index in [-0.39, 0.29) is 30.7 Å². The predicted octanol–water partition coefficient (Wildman–Crippen LogP) is 3.32. The second kappa shape index (κ2) is 9.91. The number of nitrogens with zero attached hydrogens (tertiary/aromatic N) is 3. The number of anilines is 1. The fraction of sp³-hybridized carbons (Fsp3) is 0.667. The SMILES string of the molecule is CCC1CCCCN1S(=O)(=O)c1ccc2c(c1)CCN2C(=O)CCC(=O)N1CCCCC1. The molecule has 3 aliphatic rings. The van der Waals surface area contributed by atoms with Crippen LogP contribution in [0.4, 0.5) is 5.69 Å². The Labute approximate surface area is 191 Å². The molecule has 3 aliphatic heterocycles. The zero-order chi connectivity index (χ0) is 22.7. The van der Waals surface area contributed by atoms with E-state index >= 15 is 0 Å². The van der Waals surface area contributed by atoms with Crippen LogP contribution in [-0.2, 0) is 26.0 Å². The van der Waals surface area contributed by atoms with Crippen molar-refractivity contribution in [1.29, 1.82) is 0 Å². The smallest absolute Gasteiger partial charge is 0.243 e. The van der Waals surface area contributed by atoms with Crippen molar-refractivity contribution in [2.75, 3.05) is 31.1 Å². The van der Waals surface area contributed by atoms with E-state index in [4.69, 9.17) is 0 Å². The maximum Gasteiger partial charge on any atom is 0.243 e. The first-order chi connectivity index (χ1) is 15.4. The quantitative estimate of drug-likeness (QED) is 0.651. The number of hydrogen-bond acceptors (Lipinski definition) is 4. The van der Waals surface area contributed by atoms with Gasteiger partial charge in [0, 0.05) is 50.7 Å². The molecule has 0 N–H and O–H groups in total. The highest BCUT2D eigenvalue weighted by molar-refractivity contribution is 7.89.